The van der Waals surface area contributed by atoms with Gasteiger partial charge in [-0.3, -0.25) is 9.05 Å². The van der Waals surface area contributed by atoms with Crippen LogP contribution in [0.2, 0.25) is 0 Å². The molecule has 0 aromatic rings. The summed E-state index contributed by atoms with van der Waals surface area (Å²) in [5.41, 5.74) is 5.80. The molecule has 3 atom stereocenters. The lowest BCUT2D eigenvalue weighted by molar-refractivity contribution is -0.870. The number of phosphoric ester groups is 1. The zero-order valence-corrected chi connectivity index (χ0v) is 19.9. The Balaban J connectivity index is 4.45. The van der Waals surface area contributed by atoms with E-state index in [1.807, 2.05) is 0 Å². The highest BCUT2D eigenvalue weighted by Crippen LogP contribution is 2.43. The Morgan fingerprint density at radius 3 is 2.10 bits per heavy atom. The molecule has 0 rings (SSSR count). The van der Waals surface area contributed by atoms with Gasteiger partial charge in [0.2, 0.25) is 0 Å². The van der Waals surface area contributed by atoms with Crippen molar-refractivity contribution in [2.24, 2.45) is 5.73 Å². The number of likely N-dealkylation sites (N-methyl/N-ethyl adjacent to an activating group) is 1. The molecule has 0 amide bonds. The number of aliphatic hydroxyl groups excluding tert-OH is 1. The summed E-state index contributed by atoms with van der Waals surface area (Å²) in [5, 5.41) is 10.1. The maximum Gasteiger partial charge on any atom is 0.472 e. The predicted molar refractivity (Wildman–Crippen MR) is 129 cm³/mol. The monoisotopic (exact) mass is 474 g/mol. The van der Waals surface area contributed by atoms with E-state index in [9.17, 15) is 14.6 Å². The van der Waals surface area contributed by atoms with Crippen LogP contribution in [0.1, 0.15) is 96.3 Å². The van der Waals surface area contributed by atoms with Gasteiger partial charge in [-0.25, -0.2) is 4.57 Å². The Hall–Kier alpha value is -0.270. The second-order valence-corrected chi connectivity index (χ2v) is 9.49. The number of nitrogens with two attached hydrogens (primary N) is 1. The molecule has 0 aliphatic carbocycles. The fourth-order valence-corrected chi connectivity index (χ4v) is 3.66. The summed E-state index contributed by atoms with van der Waals surface area (Å²) in [4.78, 5) is 9.88. The molecule has 0 fully saturated rings. The lowest BCUT2D eigenvalue weighted by Crippen LogP contribution is -2.38. The molecular formula is C23H50N2O5P+. The fraction of sp³-hybridized carbons (Fsp3) is 0.913. The van der Waals surface area contributed by atoms with Crippen molar-refractivity contribution >= 4 is 7.82 Å². The van der Waals surface area contributed by atoms with Crippen molar-refractivity contribution < 1.29 is 40.4 Å². The number of hydrogen-bond acceptors (Lipinski definition) is 5. The van der Waals surface area contributed by atoms with Crippen LogP contribution >= 0.6 is 7.82 Å². The van der Waals surface area contributed by atoms with Crippen LogP contribution in [-0.4, -0.2) is 67.3 Å². The minimum Gasteiger partial charge on any atom is -0.387 e. The fourth-order valence-electron chi connectivity index (χ4n) is 2.91. The summed E-state index contributed by atoms with van der Waals surface area (Å²) >= 11 is 0. The Bertz CT molecular complexity index is 728. The van der Waals surface area contributed by atoms with E-state index in [2.05, 4.69) is 11.4 Å². The summed E-state index contributed by atoms with van der Waals surface area (Å²) in [7, 11) is -4.87. The second-order valence-electron chi connectivity index (χ2n) is 8.04. The van der Waals surface area contributed by atoms with Gasteiger partial charge in [0.05, 0.1) is 52.0 Å². The minimum absolute atomic E-state index is 0.602. The van der Waals surface area contributed by atoms with Crippen molar-refractivity contribution in [3.63, 3.8) is 0 Å². The van der Waals surface area contributed by atoms with Gasteiger partial charge in [0, 0.05) is 0 Å². The van der Waals surface area contributed by atoms with Crippen molar-refractivity contribution in [2.75, 3.05) is 40.7 Å². The van der Waals surface area contributed by atoms with Gasteiger partial charge < -0.3 is 20.2 Å². The number of rotatable bonds is 21. The van der Waals surface area contributed by atoms with Crippen molar-refractivity contribution in [3.05, 3.63) is 12.2 Å². The SMILES string of the molecule is [2H]C([2H])([2H])[N+](CCOP(=O)(O)OC[C@H](N)[C@H](O)/C=C/CCCCCCCCCCCCC)(C([2H])([2H])[2H])C([2H])([2H])[2H]. The zero-order chi connectivity index (χ0) is 31.1. The molecule has 0 radical (unpaired) electrons. The molecule has 0 aliphatic rings. The standard InChI is InChI=1S/C23H49N2O5P/c1-5-6-7-8-9-10-11-12-13-14-15-16-17-18-23(26)22(24)21-30-31(27,28)29-20-19-25(2,3)4/h17-18,22-23,26H,5-16,19-21,24H2,1-4H3/p+1/b18-17+/t22-,23+/m0/s1/i2D3,3D3,4D3. The summed E-state index contributed by atoms with van der Waals surface area (Å²) in [6.07, 6.45) is 16.3. The molecule has 186 valence electrons. The van der Waals surface area contributed by atoms with Gasteiger partial charge in [-0.2, -0.15) is 0 Å². The molecule has 0 heterocycles. The summed E-state index contributed by atoms with van der Waals surface area (Å²) in [6, 6.07) is -1.08. The smallest absolute Gasteiger partial charge is 0.387 e. The molecule has 1 unspecified atom stereocenters. The number of hydrogen-bond donors (Lipinski definition) is 3. The highest BCUT2D eigenvalue weighted by molar-refractivity contribution is 7.47. The van der Waals surface area contributed by atoms with Gasteiger partial charge in [-0.05, 0) is 12.8 Å². The van der Waals surface area contributed by atoms with Crippen LogP contribution in [0.3, 0.4) is 0 Å². The molecule has 31 heavy (non-hydrogen) atoms. The van der Waals surface area contributed by atoms with Crippen LogP contribution in [0.25, 0.3) is 0 Å². The predicted octanol–water partition coefficient (Wildman–Crippen LogP) is 4.77. The van der Waals surface area contributed by atoms with E-state index in [0.717, 1.165) is 25.7 Å². The maximum absolute atomic E-state index is 12.2. The maximum atomic E-state index is 12.2. The zero-order valence-electron chi connectivity index (χ0n) is 28.0. The summed E-state index contributed by atoms with van der Waals surface area (Å²) in [5.74, 6) is 0. The minimum atomic E-state index is -4.87. The molecule has 4 N–H and O–H groups in total. The Morgan fingerprint density at radius 1 is 1.00 bits per heavy atom. The molecule has 7 nitrogen and oxygen atoms in total. The number of quaternary nitrogens is 1. The average Bonchev–Trinajstić information content (AvgIpc) is 2.80. The number of aliphatic hydroxyl groups is 1. The third kappa shape index (κ3) is 21.3. The van der Waals surface area contributed by atoms with Gasteiger partial charge >= 0.3 is 7.82 Å². The first-order chi connectivity index (χ1) is 18.3. The third-order valence-corrected chi connectivity index (χ3v) is 5.84. The Morgan fingerprint density at radius 2 is 1.55 bits per heavy atom. The van der Waals surface area contributed by atoms with E-state index < -0.39 is 65.1 Å². The van der Waals surface area contributed by atoms with Crippen LogP contribution in [0, 0.1) is 0 Å². The molecule has 0 aliphatic heterocycles. The largest absolute Gasteiger partial charge is 0.472 e. The first-order valence-corrected chi connectivity index (χ1v) is 12.9. The van der Waals surface area contributed by atoms with Crippen LogP contribution < -0.4 is 5.73 Å². The highest BCUT2D eigenvalue weighted by Gasteiger charge is 2.25. The average molecular weight is 475 g/mol. The number of allylic oxidation sites excluding steroid dienone is 1. The number of unbranched alkanes of at least 4 members (excludes halogenated alkanes) is 11. The first-order valence-electron chi connectivity index (χ1n) is 15.9. The quantitative estimate of drug-likeness (QED) is 0.0958. The van der Waals surface area contributed by atoms with E-state index >= 15 is 0 Å². The van der Waals surface area contributed by atoms with E-state index in [1.54, 1.807) is 6.08 Å². The van der Waals surface area contributed by atoms with Crippen LogP contribution in [-0.2, 0) is 13.6 Å². The number of nitrogens with zero attached hydrogens (tertiary/aromatic N) is 1. The van der Waals surface area contributed by atoms with Crippen molar-refractivity contribution in [1.29, 1.82) is 0 Å². The molecule has 0 saturated heterocycles. The highest BCUT2D eigenvalue weighted by atomic mass is 31.2. The molecule has 8 heteroatoms. The van der Waals surface area contributed by atoms with Crippen LogP contribution in [0.4, 0.5) is 0 Å². The molecule has 0 saturated carbocycles. The van der Waals surface area contributed by atoms with Gasteiger partial charge in [-0.1, -0.05) is 83.3 Å². The molecule has 0 bridgehead atoms. The molecular weight excluding hydrogens is 415 g/mol. The normalized spacial score (nSPS) is 22.0. The number of phosphoric acid groups is 1. The topological polar surface area (TPSA) is 102 Å². The van der Waals surface area contributed by atoms with E-state index in [4.69, 9.17) is 22.6 Å². The van der Waals surface area contributed by atoms with Crippen LogP contribution in [0.15, 0.2) is 12.2 Å². The van der Waals surface area contributed by atoms with Crippen molar-refractivity contribution in [2.45, 2.75) is 96.1 Å². The third-order valence-electron chi connectivity index (χ3n) is 4.86. The van der Waals surface area contributed by atoms with Gasteiger partial charge in [0.1, 0.15) is 13.2 Å². The van der Waals surface area contributed by atoms with E-state index in [1.165, 1.54) is 57.4 Å². The van der Waals surface area contributed by atoms with Crippen molar-refractivity contribution in [3.8, 4) is 0 Å². The lowest BCUT2D eigenvalue weighted by atomic mass is 10.0. The molecule has 0 aromatic carbocycles. The summed E-state index contributed by atoms with van der Waals surface area (Å²) in [6.45, 7) is -11.1. The van der Waals surface area contributed by atoms with E-state index in [-0.39, 0.29) is 0 Å². The van der Waals surface area contributed by atoms with Crippen LogP contribution in [0.5, 0.6) is 0 Å². The second kappa shape index (κ2) is 18.2. The summed E-state index contributed by atoms with van der Waals surface area (Å²) < 4.78 is 87.1. The Labute approximate surface area is 203 Å². The van der Waals surface area contributed by atoms with Gasteiger partial charge in [0.15, 0.2) is 0 Å². The molecule has 0 spiro atoms. The Kier molecular flexibility index (Phi) is 10.6. The van der Waals surface area contributed by atoms with Gasteiger partial charge in [-0.15, -0.1) is 0 Å². The lowest BCUT2D eigenvalue weighted by Gasteiger charge is -2.24. The van der Waals surface area contributed by atoms with Gasteiger partial charge in [0.25, 0.3) is 0 Å². The first kappa shape index (κ1) is 18.1. The van der Waals surface area contributed by atoms with Crippen molar-refractivity contribution in [1.82, 2.24) is 0 Å². The van der Waals surface area contributed by atoms with E-state index in [0.29, 0.717) is 0 Å². The molecule has 0 aromatic heterocycles.